The lowest BCUT2D eigenvalue weighted by Gasteiger charge is -2.00. The maximum absolute atomic E-state index is 13.4. The number of aromatic nitrogens is 2. The topological polar surface area (TPSA) is 64.9 Å². The minimum absolute atomic E-state index is 0.250. The average molecular weight is 279 g/mol. The Bertz CT molecular complexity index is 558. The van der Waals surface area contributed by atoms with E-state index in [1.54, 1.807) is 24.3 Å². The molecule has 2 aromatic rings. The van der Waals surface area contributed by atoms with Crippen LogP contribution in [0.2, 0.25) is 0 Å². The smallest absolute Gasteiger partial charge is 0.243 e. The van der Waals surface area contributed by atoms with Crippen molar-refractivity contribution in [3.8, 4) is 0 Å². The molecule has 1 heterocycles. The lowest BCUT2D eigenvalue weighted by molar-refractivity contribution is 0.352. The Morgan fingerprint density at radius 1 is 1.47 bits per heavy atom. The molecule has 0 fully saturated rings. The van der Waals surface area contributed by atoms with Gasteiger partial charge < -0.3 is 10.3 Å². The third-order valence-electron chi connectivity index (χ3n) is 2.42. The van der Waals surface area contributed by atoms with E-state index < -0.39 is 0 Å². The minimum atomic E-state index is -0.336. The lowest BCUT2D eigenvalue weighted by atomic mass is 10.2. The van der Waals surface area contributed by atoms with Crippen LogP contribution >= 0.6 is 11.8 Å². The average Bonchev–Trinajstić information content (AvgIpc) is 2.87. The third-order valence-corrected chi connectivity index (χ3v) is 3.46. The zero-order valence-electron chi connectivity index (χ0n) is 10.3. The molecule has 0 amide bonds. The number of nitrogens with zero attached hydrogens (tertiary/aromatic N) is 2. The van der Waals surface area contributed by atoms with E-state index in [1.165, 1.54) is 17.8 Å². The van der Waals surface area contributed by atoms with Crippen molar-refractivity contribution in [3.63, 3.8) is 0 Å². The molecule has 0 radical (unpaired) electrons. The van der Waals surface area contributed by atoms with Gasteiger partial charge in [-0.05, 0) is 18.6 Å². The molecule has 0 bridgehead atoms. The second kappa shape index (κ2) is 6.49. The van der Waals surface area contributed by atoms with Crippen LogP contribution in [-0.4, -0.2) is 10.1 Å². The van der Waals surface area contributed by atoms with Gasteiger partial charge in [-0.1, -0.05) is 23.4 Å². The molecule has 2 N–H and O–H groups in total. The molecule has 0 aliphatic carbocycles. The first-order valence-electron chi connectivity index (χ1n) is 5.77. The summed E-state index contributed by atoms with van der Waals surface area (Å²) in [7, 11) is 0. The fourth-order valence-corrected chi connectivity index (χ4v) is 2.24. The molecular weight excluding hydrogens is 265 g/mol. The number of thioether (sulfide) groups is 1. The van der Waals surface area contributed by atoms with Crippen LogP contribution in [0.25, 0.3) is 0 Å². The van der Waals surface area contributed by atoms with Gasteiger partial charge in [-0.2, -0.15) is 4.98 Å². The van der Waals surface area contributed by atoms with Crippen LogP contribution in [0.1, 0.15) is 24.2 Å². The van der Waals surface area contributed by atoms with Gasteiger partial charge >= 0.3 is 0 Å². The standard InChI is InChI=1S/C13H14FN3OS/c1-2-5-10(15)13-16-12(17-18-13)8-19-11-7-4-3-6-9(11)14/h2-4,6-7,10H,1,5,8,15H2. The van der Waals surface area contributed by atoms with Crippen LogP contribution < -0.4 is 5.73 Å². The van der Waals surface area contributed by atoms with Gasteiger partial charge in [0.1, 0.15) is 5.82 Å². The highest BCUT2D eigenvalue weighted by Crippen LogP contribution is 2.24. The second-order valence-corrected chi connectivity index (χ2v) is 4.92. The van der Waals surface area contributed by atoms with Gasteiger partial charge in [0.15, 0.2) is 5.82 Å². The number of hydrogen-bond donors (Lipinski definition) is 1. The summed E-state index contributed by atoms with van der Waals surface area (Å²) in [6.07, 6.45) is 2.27. The number of hydrogen-bond acceptors (Lipinski definition) is 5. The molecule has 19 heavy (non-hydrogen) atoms. The molecule has 1 unspecified atom stereocenters. The summed E-state index contributed by atoms with van der Waals surface area (Å²) in [5.74, 6) is 1.07. The van der Waals surface area contributed by atoms with E-state index in [2.05, 4.69) is 16.7 Å². The maximum Gasteiger partial charge on any atom is 0.243 e. The van der Waals surface area contributed by atoms with Crippen molar-refractivity contribution >= 4 is 11.8 Å². The molecular formula is C13H14FN3OS. The van der Waals surface area contributed by atoms with E-state index in [0.717, 1.165) is 0 Å². The molecule has 0 saturated heterocycles. The fourth-order valence-electron chi connectivity index (χ4n) is 1.46. The number of nitrogens with two attached hydrogens (primary N) is 1. The van der Waals surface area contributed by atoms with Gasteiger partial charge in [-0.15, -0.1) is 18.3 Å². The van der Waals surface area contributed by atoms with Crippen molar-refractivity contribution in [1.29, 1.82) is 0 Å². The van der Waals surface area contributed by atoms with Gasteiger partial charge in [-0.25, -0.2) is 4.39 Å². The lowest BCUT2D eigenvalue weighted by Crippen LogP contribution is -2.09. The Morgan fingerprint density at radius 2 is 2.26 bits per heavy atom. The quantitative estimate of drug-likeness (QED) is 0.650. The Morgan fingerprint density at radius 3 is 3.00 bits per heavy atom. The Balaban J connectivity index is 1.97. The highest BCUT2D eigenvalue weighted by molar-refractivity contribution is 7.98. The number of rotatable bonds is 6. The summed E-state index contributed by atoms with van der Waals surface area (Å²) in [6, 6.07) is 6.24. The first-order valence-corrected chi connectivity index (χ1v) is 6.75. The predicted octanol–water partition coefficient (Wildman–Crippen LogP) is 3.08. The molecule has 1 aromatic carbocycles. The molecule has 100 valence electrons. The van der Waals surface area contributed by atoms with Crippen molar-refractivity contribution in [1.82, 2.24) is 10.1 Å². The van der Waals surface area contributed by atoms with E-state index in [9.17, 15) is 4.39 Å². The minimum Gasteiger partial charge on any atom is -0.338 e. The van der Waals surface area contributed by atoms with E-state index >= 15 is 0 Å². The summed E-state index contributed by atoms with van der Waals surface area (Å²) in [5.41, 5.74) is 5.82. The van der Waals surface area contributed by atoms with E-state index in [1.807, 2.05) is 0 Å². The zero-order chi connectivity index (χ0) is 13.7. The zero-order valence-corrected chi connectivity index (χ0v) is 11.1. The molecule has 0 spiro atoms. The number of benzene rings is 1. The summed E-state index contributed by atoms with van der Waals surface area (Å²) in [4.78, 5) is 4.74. The van der Waals surface area contributed by atoms with Gasteiger partial charge in [0.25, 0.3) is 0 Å². The Kier molecular flexibility index (Phi) is 4.70. The summed E-state index contributed by atoms with van der Waals surface area (Å²) >= 11 is 1.32. The molecule has 0 aliphatic rings. The first kappa shape index (κ1) is 13.8. The summed E-state index contributed by atoms with van der Waals surface area (Å²) in [5, 5.41) is 3.82. The summed E-state index contributed by atoms with van der Waals surface area (Å²) < 4.78 is 18.5. The Hall–Kier alpha value is -1.66. The molecule has 1 atom stereocenters. The van der Waals surface area contributed by atoms with Crippen LogP contribution in [0, 0.1) is 5.82 Å². The highest BCUT2D eigenvalue weighted by Gasteiger charge is 2.13. The number of halogens is 1. The summed E-state index contributed by atoms with van der Waals surface area (Å²) in [6.45, 7) is 3.60. The van der Waals surface area contributed by atoms with Gasteiger partial charge in [0.2, 0.25) is 5.89 Å². The molecule has 0 saturated carbocycles. The van der Waals surface area contributed by atoms with Crippen molar-refractivity contribution in [2.24, 2.45) is 5.73 Å². The van der Waals surface area contributed by atoms with E-state index in [4.69, 9.17) is 10.3 Å². The third kappa shape index (κ3) is 3.65. The van der Waals surface area contributed by atoms with Crippen molar-refractivity contribution in [2.75, 3.05) is 0 Å². The van der Waals surface area contributed by atoms with Crippen molar-refractivity contribution < 1.29 is 8.91 Å². The molecule has 6 heteroatoms. The van der Waals surface area contributed by atoms with Crippen LogP contribution in [0.15, 0.2) is 46.3 Å². The van der Waals surface area contributed by atoms with Crippen LogP contribution in [-0.2, 0) is 5.75 Å². The monoisotopic (exact) mass is 279 g/mol. The van der Waals surface area contributed by atoms with Gasteiger partial charge in [0.05, 0.1) is 11.8 Å². The van der Waals surface area contributed by atoms with Crippen molar-refractivity contribution in [2.45, 2.75) is 23.1 Å². The van der Waals surface area contributed by atoms with Crippen molar-refractivity contribution in [3.05, 3.63) is 54.5 Å². The van der Waals surface area contributed by atoms with E-state index in [-0.39, 0.29) is 11.9 Å². The first-order chi connectivity index (χ1) is 9.20. The van der Waals surface area contributed by atoms with Gasteiger partial charge in [0, 0.05) is 4.90 Å². The normalized spacial score (nSPS) is 12.3. The molecule has 0 aliphatic heterocycles. The molecule has 4 nitrogen and oxygen atoms in total. The molecule has 2 rings (SSSR count). The Labute approximate surface area is 114 Å². The van der Waals surface area contributed by atoms with Crippen LogP contribution in [0.5, 0.6) is 0 Å². The SMILES string of the molecule is C=CCC(N)c1nc(CSc2ccccc2F)no1. The highest BCUT2D eigenvalue weighted by atomic mass is 32.2. The molecule has 1 aromatic heterocycles. The van der Waals surface area contributed by atoms with Crippen LogP contribution in [0.4, 0.5) is 4.39 Å². The maximum atomic E-state index is 13.4. The fraction of sp³-hybridized carbons (Fsp3) is 0.231. The largest absolute Gasteiger partial charge is 0.338 e. The van der Waals surface area contributed by atoms with Gasteiger partial charge in [-0.3, -0.25) is 0 Å². The predicted molar refractivity (Wildman–Crippen MR) is 72.0 cm³/mol. The second-order valence-electron chi connectivity index (χ2n) is 3.90. The van der Waals surface area contributed by atoms with E-state index in [0.29, 0.717) is 28.8 Å². The van der Waals surface area contributed by atoms with Crippen LogP contribution in [0.3, 0.4) is 0 Å².